The molecule has 2 nitrogen and oxygen atoms in total. The summed E-state index contributed by atoms with van der Waals surface area (Å²) in [4.78, 5) is 12.2. The van der Waals surface area contributed by atoms with E-state index in [4.69, 9.17) is 0 Å². The van der Waals surface area contributed by atoms with E-state index in [-0.39, 0.29) is 11.5 Å². The normalized spacial score (nSPS) is 11.1. The summed E-state index contributed by atoms with van der Waals surface area (Å²) < 4.78 is 29.5. The highest BCUT2D eigenvalue weighted by molar-refractivity contribution is 6.36. The maximum absolute atomic E-state index is 12.5. The molecular formula is C16H13BF2O2. The first-order valence-electron chi connectivity index (χ1n) is 6.40. The largest absolute Gasteiger partial charge is 0.796 e. The average Bonchev–Trinajstić information content (AvgIpc) is 2.47. The van der Waals surface area contributed by atoms with Crippen LogP contribution in [0, 0.1) is 6.92 Å². The van der Waals surface area contributed by atoms with E-state index >= 15 is 0 Å². The molecule has 5 heteroatoms. The highest BCUT2D eigenvalue weighted by Crippen LogP contribution is 2.19. The number of carbonyl (C=O) groups is 1. The summed E-state index contributed by atoms with van der Waals surface area (Å²) in [6.45, 7) is 1.79. The van der Waals surface area contributed by atoms with E-state index in [0.29, 0.717) is 11.1 Å². The maximum atomic E-state index is 12.5. The summed E-state index contributed by atoms with van der Waals surface area (Å²) in [6, 6.07) is 15.3. The minimum absolute atomic E-state index is 0.140. The predicted molar refractivity (Wildman–Crippen MR) is 79.0 cm³/mol. The first-order chi connectivity index (χ1) is 10.1. The third-order valence-corrected chi connectivity index (χ3v) is 2.95. The van der Waals surface area contributed by atoms with Gasteiger partial charge < -0.3 is 4.65 Å². The van der Waals surface area contributed by atoms with Crippen molar-refractivity contribution in [2.24, 2.45) is 0 Å². The van der Waals surface area contributed by atoms with Crippen LogP contribution in [0.5, 0.6) is 0 Å². The molecule has 0 spiro atoms. The zero-order valence-electron chi connectivity index (χ0n) is 11.4. The Morgan fingerprint density at radius 3 is 2.29 bits per heavy atom. The SMILES string of the molecule is Cc1ccccc1C(=O)/C=C(\OB(F)F)c1ccccc1. The molecule has 2 rings (SSSR count). The number of hydrogen-bond acceptors (Lipinski definition) is 2. The third kappa shape index (κ3) is 4.02. The van der Waals surface area contributed by atoms with Gasteiger partial charge in [-0.3, -0.25) is 4.79 Å². The fraction of sp³-hybridized carbons (Fsp3) is 0.0625. The molecule has 0 aliphatic heterocycles. The second kappa shape index (κ2) is 6.84. The van der Waals surface area contributed by atoms with Crippen LogP contribution in [0.1, 0.15) is 21.5 Å². The monoisotopic (exact) mass is 286 g/mol. The summed E-state index contributed by atoms with van der Waals surface area (Å²) in [5.74, 6) is -0.508. The number of benzene rings is 2. The van der Waals surface area contributed by atoms with Crippen LogP contribution >= 0.6 is 0 Å². The van der Waals surface area contributed by atoms with Crippen LogP contribution in [0.3, 0.4) is 0 Å². The van der Waals surface area contributed by atoms with Gasteiger partial charge in [0.25, 0.3) is 0 Å². The van der Waals surface area contributed by atoms with Crippen LogP contribution in [0.2, 0.25) is 0 Å². The Kier molecular flexibility index (Phi) is 4.87. The minimum Gasteiger partial charge on any atom is -0.505 e. The Balaban J connectivity index is 2.37. The fourth-order valence-electron chi connectivity index (χ4n) is 1.93. The van der Waals surface area contributed by atoms with E-state index in [1.165, 1.54) is 0 Å². The van der Waals surface area contributed by atoms with Crippen molar-refractivity contribution < 1.29 is 18.1 Å². The number of ketones is 1. The second-order valence-electron chi connectivity index (χ2n) is 4.43. The number of rotatable bonds is 5. The standard InChI is InChI=1S/C16H13BF2O2/c1-12-7-5-6-10-14(12)15(20)11-16(21-17(18)19)13-8-3-2-4-9-13/h2-11H,1H3/b16-11-. The Hall–Kier alpha value is -2.43. The highest BCUT2D eigenvalue weighted by Gasteiger charge is 2.21. The van der Waals surface area contributed by atoms with Crippen LogP contribution < -0.4 is 0 Å². The zero-order valence-corrected chi connectivity index (χ0v) is 11.4. The highest BCUT2D eigenvalue weighted by atomic mass is 19.2. The van der Waals surface area contributed by atoms with Crippen molar-refractivity contribution in [3.63, 3.8) is 0 Å². The van der Waals surface area contributed by atoms with Gasteiger partial charge in [-0.2, -0.15) is 0 Å². The number of allylic oxidation sites excluding steroid dienone is 1. The average molecular weight is 286 g/mol. The van der Waals surface area contributed by atoms with Crippen molar-refractivity contribution in [2.45, 2.75) is 6.92 Å². The van der Waals surface area contributed by atoms with E-state index in [1.54, 1.807) is 55.5 Å². The lowest BCUT2D eigenvalue weighted by Gasteiger charge is -2.09. The van der Waals surface area contributed by atoms with Crippen LogP contribution in [0.4, 0.5) is 8.63 Å². The molecule has 0 saturated carbocycles. The van der Waals surface area contributed by atoms with Crippen LogP contribution in [-0.2, 0) is 4.65 Å². The van der Waals surface area contributed by atoms with Crippen molar-refractivity contribution in [2.75, 3.05) is 0 Å². The van der Waals surface area contributed by atoms with Gasteiger partial charge >= 0.3 is 7.47 Å². The molecule has 2 aromatic carbocycles. The molecule has 0 N–H and O–H groups in total. The summed E-state index contributed by atoms with van der Waals surface area (Å²) in [5.41, 5.74) is 1.67. The van der Waals surface area contributed by atoms with Gasteiger partial charge in [0, 0.05) is 17.2 Å². The van der Waals surface area contributed by atoms with E-state index < -0.39 is 7.47 Å². The molecule has 0 aromatic heterocycles. The number of halogens is 2. The van der Waals surface area contributed by atoms with Gasteiger partial charge in [0.1, 0.15) is 5.76 Å². The molecule has 2 aromatic rings. The van der Waals surface area contributed by atoms with Gasteiger partial charge in [-0.25, -0.2) is 8.63 Å². The van der Waals surface area contributed by atoms with Gasteiger partial charge in [-0.1, -0.05) is 54.6 Å². The van der Waals surface area contributed by atoms with Crippen LogP contribution in [0.25, 0.3) is 5.76 Å². The lowest BCUT2D eigenvalue weighted by molar-refractivity contribution is 0.104. The Bertz CT molecular complexity index is 654. The first kappa shape index (κ1) is 15.0. The molecular weight excluding hydrogens is 273 g/mol. The molecule has 0 saturated heterocycles. The zero-order chi connectivity index (χ0) is 15.2. The number of hydrogen-bond donors (Lipinski definition) is 0. The lowest BCUT2D eigenvalue weighted by Crippen LogP contribution is -2.07. The topological polar surface area (TPSA) is 26.3 Å². The Morgan fingerprint density at radius 2 is 1.67 bits per heavy atom. The molecule has 0 radical (unpaired) electrons. The van der Waals surface area contributed by atoms with Gasteiger partial charge in [-0.05, 0) is 12.5 Å². The smallest absolute Gasteiger partial charge is 0.505 e. The molecule has 0 fully saturated rings. The molecule has 0 atom stereocenters. The maximum Gasteiger partial charge on any atom is 0.796 e. The van der Waals surface area contributed by atoms with Crippen LogP contribution in [0.15, 0.2) is 60.7 Å². The van der Waals surface area contributed by atoms with Gasteiger partial charge in [-0.15, -0.1) is 0 Å². The van der Waals surface area contributed by atoms with E-state index in [2.05, 4.69) is 4.65 Å². The summed E-state index contributed by atoms with van der Waals surface area (Å²) in [5, 5.41) is 0. The summed E-state index contributed by atoms with van der Waals surface area (Å²) >= 11 is 0. The minimum atomic E-state index is -2.99. The molecule has 21 heavy (non-hydrogen) atoms. The van der Waals surface area contributed by atoms with Crippen molar-refractivity contribution in [3.05, 3.63) is 77.4 Å². The summed E-state index contributed by atoms with van der Waals surface area (Å²) in [6.07, 6.45) is 1.10. The second-order valence-corrected chi connectivity index (χ2v) is 4.43. The molecule has 0 aliphatic carbocycles. The van der Waals surface area contributed by atoms with E-state index in [9.17, 15) is 13.4 Å². The summed E-state index contributed by atoms with van der Waals surface area (Å²) in [7, 11) is -2.99. The van der Waals surface area contributed by atoms with Gasteiger partial charge in [0.05, 0.1) is 0 Å². The molecule has 106 valence electrons. The van der Waals surface area contributed by atoms with Crippen molar-refractivity contribution >= 4 is 19.0 Å². The first-order valence-corrected chi connectivity index (χ1v) is 6.40. The third-order valence-electron chi connectivity index (χ3n) is 2.95. The molecule has 0 unspecified atom stereocenters. The van der Waals surface area contributed by atoms with Gasteiger partial charge in [0.2, 0.25) is 0 Å². The van der Waals surface area contributed by atoms with Crippen molar-refractivity contribution in [1.29, 1.82) is 0 Å². The molecule has 0 heterocycles. The Labute approximate surface area is 122 Å². The Morgan fingerprint density at radius 1 is 1.05 bits per heavy atom. The van der Waals surface area contributed by atoms with Crippen LogP contribution in [-0.4, -0.2) is 13.3 Å². The van der Waals surface area contributed by atoms with E-state index in [0.717, 1.165) is 11.6 Å². The number of aryl methyl sites for hydroxylation is 1. The quantitative estimate of drug-likeness (QED) is 0.357. The van der Waals surface area contributed by atoms with Gasteiger partial charge in [0.15, 0.2) is 5.78 Å². The predicted octanol–water partition coefficient (Wildman–Crippen LogP) is 4.16. The van der Waals surface area contributed by atoms with E-state index in [1.807, 2.05) is 6.07 Å². The molecule has 0 amide bonds. The van der Waals surface area contributed by atoms with Crippen molar-refractivity contribution in [3.8, 4) is 0 Å². The molecule has 0 bridgehead atoms. The number of carbonyl (C=O) groups excluding carboxylic acids is 1. The van der Waals surface area contributed by atoms with Crippen molar-refractivity contribution in [1.82, 2.24) is 0 Å². The lowest BCUT2D eigenvalue weighted by atomic mass is 10.0. The molecule has 0 aliphatic rings. The fourth-order valence-corrected chi connectivity index (χ4v) is 1.93.